The fourth-order valence-electron chi connectivity index (χ4n) is 1.45. The Hall–Kier alpha value is -0.560. The molecule has 1 aliphatic rings. The summed E-state index contributed by atoms with van der Waals surface area (Å²) in [6.45, 7) is 2.24. The van der Waals surface area contributed by atoms with Gasteiger partial charge in [-0.15, -0.1) is 0 Å². The summed E-state index contributed by atoms with van der Waals surface area (Å²) in [5.41, 5.74) is 0. The maximum Gasteiger partial charge on any atom is 0.00359 e. The molecule has 0 amide bonds. The third kappa shape index (κ3) is 3.22. The highest BCUT2D eigenvalue weighted by Gasteiger charge is 2.06. The van der Waals surface area contributed by atoms with Gasteiger partial charge in [-0.3, -0.25) is 0 Å². The van der Waals surface area contributed by atoms with E-state index in [0.717, 1.165) is 5.92 Å². The van der Waals surface area contributed by atoms with Crippen LogP contribution >= 0.6 is 0 Å². The lowest BCUT2D eigenvalue weighted by Gasteiger charge is -2.15. The van der Waals surface area contributed by atoms with Crippen LogP contribution in [0.4, 0.5) is 0 Å². The zero-order valence-corrected chi connectivity index (χ0v) is 8.09. The molecule has 0 bridgehead atoms. The van der Waals surface area contributed by atoms with Crippen LogP contribution in [0.25, 0.3) is 0 Å². The lowest BCUT2D eigenvalue weighted by molar-refractivity contribution is 0.481. The average molecular weight is 165 g/mol. The fourth-order valence-corrected chi connectivity index (χ4v) is 1.45. The minimum atomic E-state index is 0.657. The quantitative estimate of drug-likeness (QED) is 0.675. The van der Waals surface area contributed by atoms with Gasteiger partial charge in [0.1, 0.15) is 0 Å². The molecule has 0 spiro atoms. The lowest BCUT2D eigenvalue weighted by atomic mass is 9.94. The van der Waals surface area contributed by atoms with Crippen molar-refractivity contribution in [1.82, 2.24) is 5.32 Å². The van der Waals surface area contributed by atoms with Crippen molar-refractivity contribution in [1.29, 1.82) is 0 Å². The van der Waals surface area contributed by atoms with E-state index in [2.05, 4.69) is 36.5 Å². The molecule has 2 unspecified atom stereocenters. The van der Waals surface area contributed by atoms with E-state index in [0.29, 0.717) is 6.04 Å². The van der Waals surface area contributed by atoms with E-state index in [-0.39, 0.29) is 0 Å². The fraction of sp³-hybridized carbons (Fsp3) is 0.636. The van der Waals surface area contributed by atoms with Crippen molar-refractivity contribution in [3.8, 4) is 0 Å². The summed E-state index contributed by atoms with van der Waals surface area (Å²) >= 11 is 0. The van der Waals surface area contributed by atoms with Gasteiger partial charge in [0.25, 0.3) is 0 Å². The molecule has 2 atom stereocenters. The van der Waals surface area contributed by atoms with Crippen molar-refractivity contribution in [3.05, 3.63) is 24.3 Å². The van der Waals surface area contributed by atoms with E-state index < -0.39 is 0 Å². The van der Waals surface area contributed by atoms with E-state index >= 15 is 0 Å². The van der Waals surface area contributed by atoms with E-state index in [1.807, 2.05) is 7.05 Å². The van der Waals surface area contributed by atoms with Gasteiger partial charge in [0.05, 0.1) is 0 Å². The first kappa shape index (κ1) is 9.53. The standard InChI is InChI=1S/C11H19N/c1-10(12-2)8-9-11-6-4-3-5-7-11/h3-6,10-12H,7-9H2,1-2H3. The first-order valence-corrected chi connectivity index (χ1v) is 4.83. The summed E-state index contributed by atoms with van der Waals surface area (Å²) in [6, 6.07) is 0.657. The Morgan fingerprint density at radius 3 is 2.92 bits per heavy atom. The van der Waals surface area contributed by atoms with Gasteiger partial charge in [-0.1, -0.05) is 24.3 Å². The van der Waals surface area contributed by atoms with E-state index in [1.165, 1.54) is 19.3 Å². The normalized spacial score (nSPS) is 24.3. The molecule has 0 radical (unpaired) electrons. The van der Waals surface area contributed by atoms with Gasteiger partial charge >= 0.3 is 0 Å². The van der Waals surface area contributed by atoms with Crippen LogP contribution in [0.5, 0.6) is 0 Å². The average Bonchev–Trinajstić information content (AvgIpc) is 2.16. The van der Waals surface area contributed by atoms with Crippen molar-refractivity contribution >= 4 is 0 Å². The summed E-state index contributed by atoms with van der Waals surface area (Å²) in [5, 5.41) is 3.26. The Morgan fingerprint density at radius 1 is 1.50 bits per heavy atom. The largest absolute Gasteiger partial charge is 0.317 e. The molecule has 0 saturated heterocycles. The summed E-state index contributed by atoms with van der Waals surface area (Å²) in [7, 11) is 2.03. The van der Waals surface area contributed by atoms with E-state index in [1.54, 1.807) is 0 Å². The number of nitrogens with one attached hydrogen (secondary N) is 1. The van der Waals surface area contributed by atoms with Gasteiger partial charge in [0.15, 0.2) is 0 Å². The number of rotatable bonds is 4. The zero-order chi connectivity index (χ0) is 8.81. The molecule has 12 heavy (non-hydrogen) atoms. The summed E-state index contributed by atoms with van der Waals surface area (Å²) in [6.07, 6.45) is 12.7. The monoisotopic (exact) mass is 165 g/mol. The first-order chi connectivity index (χ1) is 5.83. The number of allylic oxidation sites excluding steroid dienone is 4. The molecule has 0 aromatic carbocycles. The summed E-state index contributed by atoms with van der Waals surface area (Å²) in [5.74, 6) is 0.783. The highest BCUT2D eigenvalue weighted by molar-refractivity contribution is 5.10. The van der Waals surface area contributed by atoms with Crippen LogP contribution in [-0.2, 0) is 0 Å². The van der Waals surface area contributed by atoms with Crippen LogP contribution in [0.3, 0.4) is 0 Å². The van der Waals surface area contributed by atoms with Crippen LogP contribution < -0.4 is 5.32 Å². The van der Waals surface area contributed by atoms with Crippen molar-refractivity contribution < 1.29 is 0 Å². The second-order valence-electron chi connectivity index (χ2n) is 3.58. The molecule has 1 aliphatic carbocycles. The van der Waals surface area contributed by atoms with E-state index in [9.17, 15) is 0 Å². The molecular weight excluding hydrogens is 146 g/mol. The Morgan fingerprint density at radius 2 is 2.33 bits per heavy atom. The molecule has 68 valence electrons. The second-order valence-corrected chi connectivity index (χ2v) is 3.58. The highest BCUT2D eigenvalue weighted by atomic mass is 14.8. The summed E-state index contributed by atoms with van der Waals surface area (Å²) in [4.78, 5) is 0. The van der Waals surface area contributed by atoms with Crippen molar-refractivity contribution in [2.45, 2.75) is 32.2 Å². The molecule has 0 aliphatic heterocycles. The molecule has 0 aromatic rings. The van der Waals surface area contributed by atoms with Crippen molar-refractivity contribution in [3.63, 3.8) is 0 Å². The van der Waals surface area contributed by atoms with Gasteiger partial charge in [-0.2, -0.15) is 0 Å². The molecular formula is C11H19N. The first-order valence-electron chi connectivity index (χ1n) is 4.83. The van der Waals surface area contributed by atoms with Crippen LogP contribution in [-0.4, -0.2) is 13.1 Å². The predicted molar refractivity (Wildman–Crippen MR) is 54.1 cm³/mol. The van der Waals surface area contributed by atoms with Crippen LogP contribution in [0.1, 0.15) is 26.2 Å². The topological polar surface area (TPSA) is 12.0 Å². The van der Waals surface area contributed by atoms with Gasteiger partial charge in [-0.05, 0) is 39.2 Å². The lowest BCUT2D eigenvalue weighted by Crippen LogP contribution is -2.21. The van der Waals surface area contributed by atoms with Gasteiger partial charge in [0.2, 0.25) is 0 Å². The molecule has 1 N–H and O–H groups in total. The molecule has 1 nitrogen and oxygen atoms in total. The highest BCUT2D eigenvalue weighted by Crippen LogP contribution is 2.17. The van der Waals surface area contributed by atoms with Crippen LogP contribution in [0, 0.1) is 5.92 Å². The number of hydrogen-bond donors (Lipinski definition) is 1. The smallest absolute Gasteiger partial charge is 0.00359 e. The molecule has 1 heteroatoms. The molecule has 0 heterocycles. The van der Waals surface area contributed by atoms with Crippen molar-refractivity contribution in [2.24, 2.45) is 5.92 Å². The third-order valence-electron chi connectivity index (χ3n) is 2.53. The molecule has 0 aromatic heterocycles. The van der Waals surface area contributed by atoms with Crippen LogP contribution in [0.15, 0.2) is 24.3 Å². The Labute approximate surface area is 75.6 Å². The predicted octanol–water partition coefficient (Wildman–Crippen LogP) is 2.51. The minimum Gasteiger partial charge on any atom is -0.317 e. The van der Waals surface area contributed by atoms with E-state index in [4.69, 9.17) is 0 Å². The maximum atomic E-state index is 3.26. The second kappa shape index (κ2) is 5.15. The van der Waals surface area contributed by atoms with Gasteiger partial charge < -0.3 is 5.32 Å². The maximum absolute atomic E-state index is 3.26. The third-order valence-corrected chi connectivity index (χ3v) is 2.53. The van der Waals surface area contributed by atoms with Gasteiger partial charge in [-0.25, -0.2) is 0 Å². The Balaban J connectivity index is 2.15. The van der Waals surface area contributed by atoms with Crippen LogP contribution in [0.2, 0.25) is 0 Å². The van der Waals surface area contributed by atoms with Gasteiger partial charge in [0, 0.05) is 6.04 Å². The zero-order valence-electron chi connectivity index (χ0n) is 8.09. The summed E-state index contributed by atoms with van der Waals surface area (Å²) < 4.78 is 0. The molecule has 0 fully saturated rings. The molecule has 1 rings (SSSR count). The minimum absolute atomic E-state index is 0.657. The molecule has 0 saturated carbocycles. The van der Waals surface area contributed by atoms with Crippen molar-refractivity contribution in [2.75, 3.05) is 7.05 Å². The number of hydrogen-bond acceptors (Lipinski definition) is 1. The Kier molecular flexibility index (Phi) is 4.09. The SMILES string of the molecule is CNC(C)CCC1C=CC=CC1. The Bertz CT molecular complexity index is 170.